The number of hydrogen-bond acceptors (Lipinski definition) is 0. The van der Waals surface area contributed by atoms with E-state index in [1.165, 1.54) is 12.1 Å². The van der Waals surface area contributed by atoms with E-state index in [9.17, 15) is 12.3 Å². The zero-order chi connectivity index (χ0) is 8.48. The van der Waals surface area contributed by atoms with Crippen LogP contribution in [-0.4, -0.2) is 9.08 Å². The first-order valence-corrected chi connectivity index (χ1v) is 4.84. The molecule has 5 heteroatoms. The van der Waals surface area contributed by atoms with Crippen molar-refractivity contribution in [3.8, 4) is 0 Å². The van der Waals surface area contributed by atoms with Gasteiger partial charge in [-0.05, 0) is 12.1 Å². The maximum atomic E-state index is 12.0. The van der Waals surface area contributed by atoms with E-state index in [0.717, 1.165) is 12.1 Å². The molecule has 0 saturated carbocycles. The molecular weight excluding hydrogens is 193 g/mol. The molecule has 1 aromatic rings. The minimum atomic E-state index is -5.65. The van der Waals surface area contributed by atoms with Crippen molar-refractivity contribution in [1.82, 2.24) is 0 Å². The van der Waals surface area contributed by atoms with Crippen molar-refractivity contribution >= 4 is 25.9 Å². The Hall–Kier alpha value is -0.483. The molecule has 0 aliphatic rings. The molecule has 0 heterocycles. The Kier molecular flexibility index (Phi) is 2.24. The largest absolute Gasteiger partial charge is 0.653 e. The lowest BCUT2D eigenvalue weighted by Gasteiger charge is -2.01. The Balaban J connectivity index is 3.06. The summed E-state index contributed by atoms with van der Waals surface area (Å²) in [7, 11) is -5.65. The molecule has 0 spiro atoms. The summed E-state index contributed by atoms with van der Waals surface area (Å²) in [5.74, 6) is 0. The molecule has 0 aliphatic carbocycles. The Morgan fingerprint density at radius 3 is 2.18 bits per heavy atom. The SMILES string of the molecule is F[Si](F)(F)c1cccc(Cl)c1. The van der Waals surface area contributed by atoms with Gasteiger partial charge in [0.25, 0.3) is 0 Å². The van der Waals surface area contributed by atoms with Crippen molar-refractivity contribution in [3.05, 3.63) is 29.3 Å². The molecule has 0 radical (unpaired) electrons. The summed E-state index contributed by atoms with van der Waals surface area (Å²) in [5.41, 5.74) is 0. The molecule has 0 aliphatic heterocycles. The third kappa shape index (κ3) is 2.23. The highest BCUT2D eigenvalue weighted by Crippen LogP contribution is 2.12. The van der Waals surface area contributed by atoms with Gasteiger partial charge in [0.05, 0.1) is 0 Å². The average molecular weight is 197 g/mol. The van der Waals surface area contributed by atoms with Gasteiger partial charge >= 0.3 is 9.08 Å². The van der Waals surface area contributed by atoms with Crippen molar-refractivity contribution in [2.45, 2.75) is 0 Å². The predicted octanol–water partition coefficient (Wildman–Crippen LogP) is 2.39. The van der Waals surface area contributed by atoms with Crippen molar-refractivity contribution in [3.63, 3.8) is 0 Å². The van der Waals surface area contributed by atoms with Gasteiger partial charge in [-0.1, -0.05) is 23.7 Å². The summed E-state index contributed by atoms with van der Waals surface area (Å²) < 4.78 is 36.1. The summed E-state index contributed by atoms with van der Waals surface area (Å²) in [6.45, 7) is 0. The Morgan fingerprint density at radius 2 is 1.82 bits per heavy atom. The first kappa shape index (κ1) is 8.61. The van der Waals surface area contributed by atoms with E-state index < -0.39 is 14.3 Å². The van der Waals surface area contributed by atoms with Crippen LogP contribution in [0.2, 0.25) is 5.02 Å². The van der Waals surface area contributed by atoms with Crippen LogP contribution in [0.15, 0.2) is 24.3 Å². The van der Waals surface area contributed by atoms with Crippen molar-refractivity contribution in [2.24, 2.45) is 0 Å². The second-order valence-corrected chi connectivity index (χ2v) is 4.02. The van der Waals surface area contributed by atoms with Crippen LogP contribution in [0.1, 0.15) is 0 Å². The van der Waals surface area contributed by atoms with E-state index in [1.807, 2.05) is 0 Å². The van der Waals surface area contributed by atoms with Gasteiger partial charge in [0.15, 0.2) is 0 Å². The van der Waals surface area contributed by atoms with Gasteiger partial charge in [0.2, 0.25) is 0 Å². The second kappa shape index (κ2) is 2.87. The maximum absolute atomic E-state index is 12.0. The maximum Gasteiger partial charge on any atom is 0.653 e. The summed E-state index contributed by atoms with van der Waals surface area (Å²) in [5, 5.41) is -0.447. The highest BCUT2D eigenvalue weighted by molar-refractivity contribution is 6.73. The van der Waals surface area contributed by atoms with Gasteiger partial charge in [-0.3, -0.25) is 0 Å². The highest BCUT2D eigenvalue weighted by atomic mass is 35.5. The number of halogens is 4. The fourth-order valence-electron chi connectivity index (χ4n) is 0.665. The highest BCUT2D eigenvalue weighted by Gasteiger charge is 2.39. The lowest BCUT2D eigenvalue weighted by Crippen LogP contribution is -2.33. The molecule has 0 aromatic heterocycles. The molecule has 0 bridgehead atoms. The molecule has 0 nitrogen and oxygen atoms in total. The number of rotatable bonds is 1. The van der Waals surface area contributed by atoms with Crippen molar-refractivity contribution in [2.75, 3.05) is 0 Å². The second-order valence-electron chi connectivity index (χ2n) is 2.01. The third-order valence-electron chi connectivity index (χ3n) is 1.15. The lowest BCUT2D eigenvalue weighted by molar-refractivity contribution is 0.501. The van der Waals surface area contributed by atoms with Crippen LogP contribution < -0.4 is 5.19 Å². The average Bonchev–Trinajstić information content (AvgIpc) is 1.86. The molecule has 0 N–H and O–H groups in total. The van der Waals surface area contributed by atoms with Crippen LogP contribution in [0.25, 0.3) is 0 Å². The third-order valence-corrected chi connectivity index (χ3v) is 2.35. The molecule has 0 amide bonds. The van der Waals surface area contributed by atoms with E-state index in [0.29, 0.717) is 0 Å². The molecule has 0 saturated heterocycles. The van der Waals surface area contributed by atoms with Crippen LogP contribution >= 0.6 is 11.6 Å². The summed E-state index contributed by atoms with van der Waals surface area (Å²) >= 11 is 5.37. The fourth-order valence-corrected chi connectivity index (χ4v) is 1.55. The van der Waals surface area contributed by atoms with Gasteiger partial charge in [0.1, 0.15) is 0 Å². The normalized spacial score (nSPS) is 11.6. The topological polar surface area (TPSA) is 0 Å². The van der Waals surface area contributed by atoms with Gasteiger partial charge in [0, 0.05) is 10.2 Å². The Bertz CT molecular complexity index is 258. The van der Waals surface area contributed by atoms with Crippen LogP contribution in [0.3, 0.4) is 0 Å². The van der Waals surface area contributed by atoms with Gasteiger partial charge < -0.3 is 0 Å². The molecule has 60 valence electrons. The molecule has 0 fully saturated rings. The van der Waals surface area contributed by atoms with Crippen LogP contribution in [0.5, 0.6) is 0 Å². The summed E-state index contributed by atoms with van der Waals surface area (Å²) in [6, 6.07) is 4.72. The van der Waals surface area contributed by atoms with E-state index in [2.05, 4.69) is 0 Å². The van der Waals surface area contributed by atoms with Gasteiger partial charge in [-0.2, -0.15) is 0 Å². The smallest absolute Gasteiger partial charge is 0.234 e. The fraction of sp³-hybridized carbons (Fsp3) is 0. The molecule has 1 rings (SSSR count). The zero-order valence-electron chi connectivity index (χ0n) is 5.32. The molecule has 0 atom stereocenters. The summed E-state index contributed by atoms with van der Waals surface area (Å²) in [4.78, 5) is 0. The minimum Gasteiger partial charge on any atom is -0.234 e. The molecule has 11 heavy (non-hydrogen) atoms. The first-order valence-electron chi connectivity index (χ1n) is 2.83. The van der Waals surface area contributed by atoms with Crippen LogP contribution in [0.4, 0.5) is 12.3 Å². The quantitative estimate of drug-likeness (QED) is 0.478. The van der Waals surface area contributed by atoms with E-state index in [4.69, 9.17) is 11.6 Å². The summed E-state index contributed by atoms with van der Waals surface area (Å²) in [6.07, 6.45) is 0. The Morgan fingerprint density at radius 1 is 1.18 bits per heavy atom. The van der Waals surface area contributed by atoms with E-state index in [-0.39, 0.29) is 5.02 Å². The van der Waals surface area contributed by atoms with Gasteiger partial charge in [-0.25, -0.2) is 12.3 Å². The first-order chi connectivity index (χ1) is 5.00. The number of hydrogen-bond donors (Lipinski definition) is 0. The monoisotopic (exact) mass is 196 g/mol. The standard InChI is InChI=1S/C6H4ClF3Si/c7-5-2-1-3-6(4-5)11(8,9)10/h1-4H. The van der Waals surface area contributed by atoms with Crippen molar-refractivity contribution < 1.29 is 12.3 Å². The minimum absolute atomic E-state index is 0.132. The predicted molar refractivity (Wildman–Crippen MR) is 40.2 cm³/mol. The lowest BCUT2D eigenvalue weighted by atomic mass is 10.4. The zero-order valence-corrected chi connectivity index (χ0v) is 7.08. The van der Waals surface area contributed by atoms with Gasteiger partial charge in [-0.15, -0.1) is 0 Å². The van der Waals surface area contributed by atoms with Crippen LogP contribution in [-0.2, 0) is 0 Å². The molecular formula is C6H4ClF3Si. The van der Waals surface area contributed by atoms with Crippen molar-refractivity contribution in [1.29, 1.82) is 0 Å². The van der Waals surface area contributed by atoms with E-state index >= 15 is 0 Å². The number of benzene rings is 1. The molecule has 1 aromatic carbocycles. The van der Waals surface area contributed by atoms with E-state index in [1.54, 1.807) is 0 Å². The molecule has 0 unspecified atom stereocenters. The van der Waals surface area contributed by atoms with Crippen LogP contribution in [0, 0.1) is 0 Å². The Labute approximate surface area is 68.1 Å².